The van der Waals surface area contributed by atoms with Crippen LogP contribution in [0.25, 0.3) is 0 Å². The standard InChI is InChI=1S/C26H20BrN3O3S/c1-33-21-13-11-19(12-14-21)29-24(31)22(16-28)26-30(20-5-3-2-4-6-20)25(32)23(34-26)15-17-7-9-18(27)10-8-17/h2-14,23H,15H2,1H3,(H,29,31)/b26-22-/t23-/m0/s1. The number of carbonyl (C=O) groups excluding carboxylic acids is 2. The molecule has 1 saturated heterocycles. The summed E-state index contributed by atoms with van der Waals surface area (Å²) >= 11 is 4.66. The number of nitriles is 1. The highest BCUT2D eigenvalue weighted by atomic mass is 79.9. The molecule has 0 unspecified atom stereocenters. The van der Waals surface area contributed by atoms with Gasteiger partial charge in [0.2, 0.25) is 5.91 Å². The van der Waals surface area contributed by atoms with E-state index in [4.69, 9.17) is 4.74 Å². The van der Waals surface area contributed by atoms with E-state index < -0.39 is 11.2 Å². The van der Waals surface area contributed by atoms with Crippen LogP contribution in [0.2, 0.25) is 0 Å². The van der Waals surface area contributed by atoms with E-state index in [1.807, 2.05) is 48.5 Å². The number of para-hydroxylation sites is 1. The molecule has 2 amide bonds. The molecule has 0 radical (unpaired) electrons. The van der Waals surface area contributed by atoms with Crippen molar-refractivity contribution in [1.29, 1.82) is 5.26 Å². The summed E-state index contributed by atoms with van der Waals surface area (Å²) in [4.78, 5) is 28.0. The van der Waals surface area contributed by atoms with Crippen molar-refractivity contribution in [2.45, 2.75) is 11.7 Å². The number of hydrogen-bond acceptors (Lipinski definition) is 5. The van der Waals surface area contributed by atoms with Gasteiger partial charge in [-0.2, -0.15) is 5.26 Å². The maximum absolute atomic E-state index is 13.5. The predicted molar refractivity (Wildman–Crippen MR) is 137 cm³/mol. The normalized spacial score (nSPS) is 16.7. The molecule has 3 aromatic carbocycles. The molecule has 0 spiro atoms. The molecule has 4 rings (SSSR count). The lowest BCUT2D eigenvalue weighted by atomic mass is 10.1. The zero-order valence-corrected chi connectivity index (χ0v) is 20.6. The Kier molecular flexibility index (Phi) is 7.36. The number of thioether (sulfide) groups is 1. The van der Waals surface area contributed by atoms with Gasteiger partial charge in [0.1, 0.15) is 22.4 Å². The van der Waals surface area contributed by atoms with Crippen molar-refractivity contribution in [2.75, 3.05) is 17.3 Å². The molecule has 1 fully saturated rings. The number of carbonyl (C=O) groups is 2. The van der Waals surface area contributed by atoms with Gasteiger partial charge in [-0.15, -0.1) is 0 Å². The Bertz CT molecular complexity index is 1270. The third kappa shape index (κ3) is 5.16. The summed E-state index contributed by atoms with van der Waals surface area (Å²) < 4.78 is 6.10. The molecular weight excluding hydrogens is 514 g/mol. The molecule has 1 aliphatic rings. The number of nitrogens with one attached hydrogen (secondary N) is 1. The first-order valence-electron chi connectivity index (χ1n) is 10.4. The van der Waals surface area contributed by atoms with Gasteiger partial charge < -0.3 is 10.1 Å². The largest absolute Gasteiger partial charge is 0.497 e. The van der Waals surface area contributed by atoms with Crippen molar-refractivity contribution < 1.29 is 14.3 Å². The molecule has 0 aliphatic carbocycles. The lowest BCUT2D eigenvalue weighted by molar-refractivity contribution is -0.117. The van der Waals surface area contributed by atoms with Gasteiger partial charge in [0.25, 0.3) is 5.91 Å². The van der Waals surface area contributed by atoms with Crippen LogP contribution < -0.4 is 15.0 Å². The maximum atomic E-state index is 13.5. The molecule has 0 bridgehead atoms. The molecular formula is C26H20BrN3O3S. The van der Waals surface area contributed by atoms with Crippen molar-refractivity contribution in [3.05, 3.63) is 99.5 Å². The van der Waals surface area contributed by atoms with Gasteiger partial charge in [0.05, 0.1) is 12.4 Å². The Morgan fingerprint density at radius 3 is 2.38 bits per heavy atom. The number of hydrogen-bond donors (Lipinski definition) is 1. The molecule has 6 nitrogen and oxygen atoms in total. The number of nitrogens with zero attached hydrogens (tertiary/aromatic N) is 2. The van der Waals surface area contributed by atoms with E-state index in [9.17, 15) is 14.9 Å². The van der Waals surface area contributed by atoms with Gasteiger partial charge in [0.15, 0.2) is 0 Å². The number of halogens is 1. The second kappa shape index (κ2) is 10.6. The average Bonchev–Trinajstić information content (AvgIpc) is 3.17. The predicted octanol–water partition coefficient (Wildman–Crippen LogP) is 5.52. The van der Waals surface area contributed by atoms with Crippen LogP contribution in [0.5, 0.6) is 5.75 Å². The Morgan fingerprint density at radius 2 is 1.76 bits per heavy atom. The second-order valence-electron chi connectivity index (χ2n) is 7.42. The van der Waals surface area contributed by atoms with E-state index in [2.05, 4.69) is 21.2 Å². The molecule has 1 heterocycles. The highest BCUT2D eigenvalue weighted by molar-refractivity contribution is 9.10. The average molecular weight is 534 g/mol. The summed E-state index contributed by atoms with van der Waals surface area (Å²) in [6.07, 6.45) is 0.475. The summed E-state index contributed by atoms with van der Waals surface area (Å²) in [5.41, 5.74) is 2.00. The number of methoxy groups -OCH3 is 1. The molecule has 3 aromatic rings. The number of anilines is 2. The summed E-state index contributed by atoms with van der Waals surface area (Å²) in [5.74, 6) is -0.0906. The van der Waals surface area contributed by atoms with Crippen LogP contribution in [-0.2, 0) is 16.0 Å². The summed E-state index contributed by atoms with van der Waals surface area (Å²) in [6.45, 7) is 0. The molecule has 0 saturated carbocycles. The zero-order chi connectivity index (χ0) is 24.1. The van der Waals surface area contributed by atoms with Gasteiger partial charge in [-0.05, 0) is 60.5 Å². The van der Waals surface area contributed by atoms with Crippen molar-refractivity contribution in [3.63, 3.8) is 0 Å². The van der Waals surface area contributed by atoms with Crippen LogP contribution in [0.4, 0.5) is 11.4 Å². The van der Waals surface area contributed by atoms with E-state index in [1.165, 1.54) is 16.7 Å². The van der Waals surface area contributed by atoms with E-state index in [0.29, 0.717) is 28.6 Å². The van der Waals surface area contributed by atoms with Crippen molar-refractivity contribution in [3.8, 4) is 11.8 Å². The summed E-state index contributed by atoms with van der Waals surface area (Å²) in [5, 5.41) is 12.5. The third-order valence-corrected chi connectivity index (χ3v) is 6.99. The van der Waals surface area contributed by atoms with Gasteiger partial charge in [-0.1, -0.05) is 58.0 Å². The summed E-state index contributed by atoms with van der Waals surface area (Å²) in [6, 6.07) is 25.6. The van der Waals surface area contributed by atoms with Gasteiger partial charge in [0, 0.05) is 15.8 Å². The highest BCUT2D eigenvalue weighted by Crippen LogP contribution is 2.42. The van der Waals surface area contributed by atoms with Crippen molar-refractivity contribution in [1.82, 2.24) is 0 Å². The van der Waals surface area contributed by atoms with Crippen molar-refractivity contribution in [2.24, 2.45) is 0 Å². The minimum Gasteiger partial charge on any atom is -0.497 e. The van der Waals surface area contributed by atoms with Crippen LogP contribution >= 0.6 is 27.7 Å². The minimum atomic E-state index is -0.576. The summed E-state index contributed by atoms with van der Waals surface area (Å²) in [7, 11) is 1.56. The Hall–Kier alpha value is -3.54. The number of ether oxygens (including phenoxy) is 1. The lowest BCUT2D eigenvalue weighted by Gasteiger charge is -2.18. The molecule has 34 heavy (non-hydrogen) atoms. The van der Waals surface area contributed by atoms with Crippen LogP contribution in [0, 0.1) is 11.3 Å². The number of amides is 2. The highest BCUT2D eigenvalue weighted by Gasteiger charge is 2.40. The Labute approximate surface area is 210 Å². The first-order chi connectivity index (χ1) is 16.5. The monoisotopic (exact) mass is 533 g/mol. The molecule has 8 heteroatoms. The molecule has 1 N–H and O–H groups in total. The fourth-order valence-corrected chi connectivity index (χ4v) is 5.07. The van der Waals surface area contributed by atoms with Gasteiger partial charge >= 0.3 is 0 Å². The van der Waals surface area contributed by atoms with Crippen LogP contribution in [0.3, 0.4) is 0 Å². The Morgan fingerprint density at radius 1 is 1.09 bits per heavy atom. The van der Waals surface area contributed by atoms with Gasteiger partial charge in [-0.25, -0.2) is 0 Å². The van der Waals surface area contributed by atoms with Crippen LogP contribution in [0.15, 0.2) is 93.9 Å². The quantitative estimate of drug-likeness (QED) is 0.333. The fourth-order valence-electron chi connectivity index (χ4n) is 3.50. The number of benzene rings is 3. The first-order valence-corrected chi connectivity index (χ1v) is 12.1. The maximum Gasteiger partial charge on any atom is 0.269 e. The first kappa shape index (κ1) is 23.6. The minimum absolute atomic E-state index is 0.115. The lowest BCUT2D eigenvalue weighted by Crippen LogP contribution is -2.30. The van der Waals surface area contributed by atoms with E-state index >= 15 is 0 Å². The van der Waals surface area contributed by atoms with Crippen LogP contribution in [0.1, 0.15) is 5.56 Å². The zero-order valence-electron chi connectivity index (χ0n) is 18.2. The second-order valence-corrected chi connectivity index (χ2v) is 9.53. The molecule has 170 valence electrons. The third-order valence-electron chi connectivity index (χ3n) is 5.20. The van der Waals surface area contributed by atoms with E-state index in [1.54, 1.807) is 43.5 Å². The van der Waals surface area contributed by atoms with Gasteiger partial charge in [-0.3, -0.25) is 14.5 Å². The topological polar surface area (TPSA) is 82.4 Å². The van der Waals surface area contributed by atoms with Crippen molar-refractivity contribution >= 4 is 50.9 Å². The molecule has 1 aliphatic heterocycles. The fraction of sp³-hybridized carbons (Fsp3) is 0.115. The van der Waals surface area contributed by atoms with E-state index in [0.717, 1.165) is 10.0 Å². The Balaban J connectivity index is 1.68. The molecule has 0 aromatic heterocycles. The van der Waals surface area contributed by atoms with E-state index in [-0.39, 0.29) is 11.5 Å². The smallest absolute Gasteiger partial charge is 0.269 e. The van der Waals surface area contributed by atoms with Crippen LogP contribution in [-0.4, -0.2) is 24.2 Å². The molecule has 1 atom stereocenters. The number of rotatable bonds is 6. The SMILES string of the molecule is COc1ccc(NC(=O)/C(C#N)=C2\S[C@@H](Cc3ccc(Br)cc3)C(=O)N2c2ccccc2)cc1.